The molecule has 2 rings (SSSR count). The summed E-state index contributed by atoms with van der Waals surface area (Å²) in [4.78, 5) is 14.2. The molecule has 2 aromatic carbocycles. The van der Waals surface area contributed by atoms with Crippen molar-refractivity contribution in [2.24, 2.45) is 0 Å². The highest BCUT2D eigenvalue weighted by molar-refractivity contribution is 6.16. The van der Waals surface area contributed by atoms with Crippen molar-refractivity contribution >= 4 is 5.78 Å². The molecule has 0 bridgehead atoms. The zero-order chi connectivity index (χ0) is 26.3. The van der Waals surface area contributed by atoms with E-state index in [0.29, 0.717) is 26.4 Å². The molecule has 0 heterocycles. The number of benzene rings is 2. The summed E-state index contributed by atoms with van der Waals surface area (Å²) in [5.74, 6) is 0.465. The molecule has 7 heteroatoms. The quantitative estimate of drug-likeness (QED) is 0.167. The van der Waals surface area contributed by atoms with Gasteiger partial charge < -0.3 is 29.2 Å². The summed E-state index contributed by atoms with van der Waals surface area (Å²) in [6.07, 6.45) is 6.87. The van der Waals surface area contributed by atoms with E-state index in [9.17, 15) is 15.0 Å². The fourth-order valence-corrected chi connectivity index (χ4v) is 3.49. The number of carbonyl (C=O) groups is 1. The van der Waals surface area contributed by atoms with Gasteiger partial charge in [0.1, 0.15) is 45.6 Å². The van der Waals surface area contributed by atoms with Crippen molar-refractivity contribution in [1.29, 1.82) is 0 Å². The molecule has 0 aliphatic carbocycles. The Kier molecular flexibility index (Phi) is 12.8. The molecule has 0 aliphatic heterocycles. The predicted octanol–water partition coefficient (Wildman–Crippen LogP) is 7.04. The molecular weight excluding hydrogens is 460 g/mol. The molecule has 0 unspecified atom stereocenters. The largest absolute Gasteiger partial charge is 0.508 e. The average molecular weight is 503 g/mol. The highest BCUT2D eigenvalue weighted by atomic mass is 16.5. The number of ketones is 1. The van der Waals surface area contributed by atoms with Gasteiger partial charge in [0.15, 0.2) is 0 Å². The molecular formula is C29H42O7. The van der Waals surface area contributed by atoms with E-state index in [2.05, 4.69) is 0 Å². The van der Waals surface area contributed by atoms with Crippen molar-refractivity contribution in [3.05, 3.63) is 35.4 Å². The van der Waals surface area contributed by atoms with Crippen LogP contribution in [0.4, 0.5) is 0 Å². The Morgan fingerprint density at radius 1 is 0.556 bits per heavy atom. The van der Waals surface area contributed by atoms with Crippen LogP contribution in [0, 0.1) is 0 Å². The number of hydrogen-bond donors (Lipinski definition) is 2. The summed E-state index contributed by atoms with van der Waals surface area (Å²) in [6, 6.07) is 5.74. The third-order valence-electron chi connectivity index (χ3n) is 5.58. The Morgan fingerprint density at radius 3 is 1.03 bits per heavy atom. The number of carbonyl (C=O) groups excluding carboxylic acids is 1. The molecule has 36 heavy (non-hydrogen) atoms. The zero-order valence-electron chi connectivity index (χ0n) is 22.2. The molecule has 7 nitrogen and oxygen atoms in total. The number of ether oxygens (including phenoxy) is 4. The van der Waals surface area contributed by atoms with Crippen molar-refractivity contribution in [1.82, 2.24) is 0 Å². The molecule has 0 fully saturated rings. The average Bonchev–Trinajstić information content (AvgIpc) is 2.84. The van der Waals surface area contributed by atoms with Crippen molar-refractivity contribution in [3.63, 3.8) is 0 Å². The van der Waals surface area contributed by atoms with Gasteiger partial charge in [0.05, 0.1) is 26.4 Å². The van der Waals surface area contributed by atoms with E-state index in [0.717, 1.165) is 51.4 Å². The lowest BCUT2D eigenvalue weighted by Crippen LogP contribution is -2.14. The molecule has 0 aliphatic rings. The Balaban J connectivity index is 2.64. The molecule has 2 N–H and O–H groups in total. The Bertz CT molecular complexity index is 817. The maximum absolute atomic E-state index is 14.2. The van der Waals surface area contributed by atoms with Crippen LogP contribution in [-0.2, 0) is 0 Å². The third-order valence-corrected chi connectivity index (χ3v) is 5.58. The number of phenolic OH excluding ortho intramolecular Hbond substituents is 2. The summed E-state index contributed by atoms with van der Waals surface area (Å²) in [5, 5.41) is 20.7. The first-order valence-corrected chi connectivity index (χ1v) is 13.3. The number of hydrogen-bond acceptors (Lipinski definition) is 7. The Morgan fingerprint density at radius 2 is 0.806 bits per heavy atom. The summed E-state index contributed by atoms with van der Waals surface area (Å²) < 4.78 is 23.8. The van der Waals surface area contributed by atoms with Crippen LogP contribution in [0.25, 0.3) is 0 Å². The summed E-state index contributed by atoms with van der Waals surface area (Å²) >= 11 is 0. The lowest BCUT2D eigenvalue weighted by molar-refractivity contribution is 0.102. The maximum atomic E-state index is 14.2. The van der Waals surface area contributed by atoms with Crippen LogP contribution < -0.4 is 18.9 Å². The number of aromatic hydroxyl groups is 2. The highest BCUT2D eigenvalue weighted by Gasteiger charge is 2.29. The fourth-order valence-electron chi connectivity index (χ4n) is 3.49. The number of rotatable bonds is 18. The molecule has 0 aromatic heterocycles. The lowest BCUT2D eigenvalue weighted by Gasteiger charge is -2.20. The van der Waals surface area contributed by atoms with Crippen LogP contribution in [0.2, 0.25) is 0 Å². The molecule has 0 atom stereocenters. The second-order valence-electron chi connectivity index (χ2n) is 8.77. The van der Waals surface area contributed by atoms with Crippen molar-refractivity contribution < 1.29 is 34.0 Å². The minimum atomic E-state index is -0.411. The van der Waals surface area contributed by atoms with Crippen molar-refractivity contribution in [3.8, 4) is 34.5 Å². The summed E-state index contributed by atoms with van der Waals surface area (Å²) in [6.45, 7) is 9.77. The number of phenols is 2. The van der Waals surface area contributed by atoms with Gasteiger partial charge in [-0.1, -0.05) is 53.4 Å². The molecule has 2 aromatic rings. The van der Waals surface area contributed by atoms with Gasteiger partial charge in [0.25, 0.3) is 0 Å². The SMILES string of the molecule is CCCCOc1cc(O)cc(OCCCC)c1C(=O)c1c(OCCCC)cc(O)cc1OCCCC. The normalized spacial score (nSPS) is 10.8. The van der Waals surface area contributed by atoms with Gasteiger partial charge in [-0.25, -0.2) is 0 Å². The predicted molar refractivity (Wildman–Crippen MR) is 141 cm³/mol. The van der Waals surface area contributed by atoms with Crippen LogP contribution in [0.15, 0.2) is 24.3 Å². The first kappa shape index (κ1) is 29.1. The maximum Gasteiger partial charge on any atom is 0.208 e. The fraction of sp³-hybridized carbons (Fsp3) is 0.552. The first-order chi connectivity index (χ1) is 17.5. The van der Waals surface area contributed by atoms with E-state index in [-0.39, 0.29) is 45.6 Å². The molecule has 0 saturated carbocycles. The van der Waals surface area contributed by atoms with Gasteiger partial charge in [-0.05, 0) is 25.7 Å². The van der Waals surface area contributed by atoms with Gasteiger partial charge in [-0.15, -0.1) is 0 Å². The molecule has 200 valence electrons. The Labute approximate surface area is 215 Å². The van der Waals surface area contributed by atoms with Gasteiger partial charge in [-0.2, -0.15) is 0 Å². The third kappa shape index (κ3) is 8.54. The van der Waals surface area contributed by atoms with E-state index in [1.165, 1.54) is 24.3 Å². The molecule has 0 spiro atoms. The van der Waals surface area contributed by atoms with Gasteiger partial charge >= 0.3 is 0 Å². The van der Waals surface area contributed by atoms with Crippen LogP contribution >= 0.6 is 0 Å². The molecule has 0 amide bonds. The van der Waals surface area contributed by atoms with Gasteiger partial charge in [-0.3, -0.25) is 4.79 Å². The van der Waals surface area contributed by atoms with Crippen LogP contribution in [0.3, 0.4) is 0 Å². The summed E-state index contributed by atoms with van der Waals surface area (Å²) in [5.41, 5.74) is 0.401. The van der Waals surface area contributed by atoms with Crippen LogP contribution in [0.1, 0.15) is 95.0 Å². The number of unbranched alkanes of at least 4 members (excludes halogenated alkanes) is 4. The second kappa shape index (κ2) is 15.8. The van der Waals surface area contributed by atoms with E-state index in [1.54, 1.807) is 0 Å². The summed E-state index contributed by atoms with van der Waals surface area (Å²) in [7, 11) is 0. The van der Waals surface area contributed by atoms with Crippen LogP contribution in [-0.4, -0.2) is 42.4 Å². The highest BCUT2D eigenvalue weighted by Crippen LogP contribution is 2.41. The van der Waals surface area contributed by atoms with Crippen LogP contribution in [0.5, 0.6) is 34.5 Å². The standard InChI is InChI=1S/C29H42O7/c1-5-9-13-33-23-17-21(30)18-24(34-14-10-6-2)27(23)29(32)28-25(35-15-11-7-3)19-22(31)20-26(28)36-16-12-8-4/h17-20,30-31H,5-16H2,1-4H3. The second-order valence-corrected chi connectivity index (χ2v) is 8.77. The topological polar surface area (TPSA) is 94.5 Å². The lowest BCUT2D eigenvalue weighted by atomic mass is 9.98. The monoisotopic (exact) mass is 502 g/mol. The van der Waals surface area contributed by atoms with E-state index in [4.69, 9.17) is 18.9 Å². The molecule has 0 saturated heterocycles. The zero-order valence-corrected chi connectivity index (χ0v) is 22.2. The molecule has 0 radical (unpaired) electrons. The van der Waals surface area contributed by atoms with Crippen molar-refractivity contribution in [2.45, 2.75) is 79.1 Å². The van der Waals surface area contributed by atoms with E-state index < -0.39 is 5.78 Å². The van der Waals surface area contributed by atoms with E-state index in [1.807, 2.05) is 27.7 Å². The van der Waals surface area contributed by atoms with E-state index >= 15 is 0 Å². The van der Waals surface area contributed by atoms with Gasteiger partial charge in [0.2, 0.25) is 5.78 Å². The van der Waals surface area contributed by atoms with Gasteiger partial charge in [0, 0.05) is 24.3 Å². The minimum absolute atomic E-state index is 0.0471. The van der Waals surface area contributed by atoms with Crippen molar-refractivity contribution in [2.75, 3.05) is 26.4 Å². The smallest absolute Gasteiger partial charge is 0.208 e. The minimum Gasteiger partial charge on any atom is -0.508 e. The first-order valence-electron chi connectivity index (χ1n) is 13.3. The Hall–Kier alpha value is -3.09.